The van der Waals surface area contributed by atoms with Crippen LogP contribution < -0.4 is 0 Å². The number of nitrogens with one attached hydrogen (secondary N) is 1. The maximum absolute atomic E-state index is 6.06. The van der Waals surface area contributed by atoms with E-state index in [2.05, 4.69) is 16.9 Å². The fourth-order valence-corrected chi connectivity index (χ4v) is 2.82. The molecule has 0 aromatic carbocycles. The minimum absolute atomic E-state index is 0.199. The number of aromatic amines is 1. The Morgan fingerprint density at radius 2 is 2.06 bits per heavy atom. The lowest BCUT2D eigenvalue weighted by molar-refractivity contribution is -0.0619. The Morgan fingerprint density at radius 3 is 2.59 bits per heavy atom. The smallest absolute Gasteiger partial charge is 0.138 e. The predicted molar refractivity (Wildman–Crippen MR) is 69.2 cm³/mol. The molecule has 0 bridgehead atoms. The SMILES string of the molecule is CCOC1(c2ncc(CCl)[nH]2)CCCCCC1. The van der Waals surface area contributed by atoms with Crippen molar-refractivity contribution in [1.29, 1.82) is 0 Å². The molecule has 0 saturated heterocycles. The van der Waals surface area contributed by atoms with Gasteiger partial charge in [-0.15, -0.1) is 11.6 Å². The van der Waals surface area contributed by atoms with Crippen LogP contribution in [0.4, 0.5) is 0 Å². The highest BCUT2D eigenvalue weighted by atomic mass is 35.5. The number of aromatic nitrogens is 2. The lowest BCUT2D eigenvalue weighted by atomic mass is 9.93. The van der Waals surface area contributed by atoms with Crippen molar-refractivity contribution in [2.75, 3.05) is 6.61 Å². The number of imidazole rings is 1. The number of hydrogen-bond acceptors (Lipinski definition) is 2. The van der Waals surface area contributed by atoms with E-state index in [-0.39, 0.29) is 5.60 Å². The molecule has 1 aromatic rings. The summed E-state index contributed by atoms with van der Waals surface area (Å²) in [4.78, 5) is 7.80. The van der Waals surface area contributed by atoms with Gasteiger partial charge in [-0.25, -0.2) is 4.98 Å². The first-order valence-electron chi connectivity index (χ1n) is 6.55. The predicted octanol–water partition coefficient (Wildman–Crippen LogP) is 3.73. The molecular weight excluding hydrogens is 236 g/mol. The average molecular weight is 257 g/mol. The summed E-state index contributed by atoms with van der Waals surface area (Å²) in [6.45, 7) is 2.79. The summed E-state index contributed by atoms with van der Waals surface area (Å²) in [5.74, 6) is 1.45. The second-order valence-electron chi connectivity index (χ2n) is 4.73. The normalized spacial score (nSPS) is 20.1. The zero-order chi connectivity index (χ0) is 12.1. The zero-order valence-electron chi connectivity index (χ0n) is 10.5. The van der Waals surface area contributed by atoms with Gasteiger partial charge in [-0.2, -0.15) is 0 Å². The van der Waals surface area contributed by atoms with Gasteiger partial charge in [-0.1, -0.05) is 25.7 Å². The Labute approximate surface area is 108 Å². The van der Waals surface area contributed by atoms with Gasteiger partial charge in [0, 0.05) is 18.5 Å². The van der Waals surface area contributed by atoms with E-state index in [1.807, 2.05) is 6.20 Å². The minimum Gasteiger partial charge on any atom is -0.367 e. The maximum atomic E-state index is 6.06. The van der Waals surface area contributed by atoms with Crippen molar-refractivity contribution in [3.8, 4) is 0 Å². The number of H-pyrrole nitrogens is 1. The molecule has 0 spiro atoms. The first kappa shape index (κ1) is 12.9. The Morgan fingerprint density at radius 1 is 1.35 bits per heavy atom. The van der Waals surface area contributed by atoms with E-state index in [1.54, 1.807) is 0 Å². The number of rotatable bonds is 4. The van der Waals surface area contributed by atoms with Crippen molar-refractivity contribution in [2.45, 2.75) is 56.9 Å². The summed E-state index contributed by atoms with van der Waals surface area (Å²) in [5, 5.41) is 0. The van der Waals surface area contributed by atoms with Crippen molar-refractivity contribution < 1.29 is 4.74 Å². The summed E-state index contributed by atoms with van der Waals surface area (Å²) in [5.41, 5.74) is 0.778. The molecule has 1 fully saturated rings. The summed E-state index contributed by atoms with van der Waals surface area (Å²) in [6, 6.07) is 0. The molecule has 1 aliphatic rings. The van der Waals surface area contributed by atoms with Gasteiger partial charge in [0.05, 0.1) is 5.88 Å². The van der Waals surface area contributed by atoms with Crippen LogP contribution in [-0.4, -0.2) is 16.6 Å². The number of alkyl halides is 1. The largest absolute Gasteiger partial charge is 0.367 e. The molecule has 96 valence electrons. The third kappa shape index (κ3) is 2.83. The van der Waals surface area contributed by atoms with E-state index >= 15 is 0 Å². The monoisotopic (exact) mass is 256 g/mol. The van der Waals surface area contributed by atoms with Gasteiger partial charge >= 0.3 is 0 Å². The van der Waals surface area contributed by atoms with E-state index in [1.165, 1.54) is 25.7 Å². The lowest BCUT2D eigenvalue weighted by Gasteiger charge is -2.30. The van der Waals surface area contributed by atoms with E-state index in [0.29, 0.717) is 5.88 Å². The maximum Gasteiger partial charge on any atom is 0.138 e. The third-order valence-corrected chi connectivity index (χ3v) is 3.82. The molecular formula is C13H21ClN2O. The van der Waals surface area contributed by atoms with Crippen molar-refractivity contribution in [2.24, 2.45) is 0 Å². The fourth-order valence-electron chi connectivity index (χ4n) is 2.68. The van der Waals surface area contributed by atoms with Crippen LogP contribution >= 0.6 is 11.6 Å². The van der Waals surface area contributed by atoms with Crippen LogP contribution in [0.15, 0.2) is 6.20 Å². The van der Waals surface area contributed by atoms with Crippen LogP contribution in [0.25, 0.3) is 0 Å². The molecule has 17 heavy (non-hydrogen) atoms. The fraction of sp³-hybridized carbons (Fsp3) is 0.769. The Hall–Kier alpha value is -0.540. The molecule has 1 heterocycles. The molecule has 0 aliphatic heterocycles. The van der Waals surface area contributed by atoms with E-state index in [0.717, 1.165) is 31.0 Å². The summed E-state index contributed by atoms with van der Waals surface area (Å²) in [7, 11) is 0. The zero-order valence-corrected chi connectivity index (χ0v) is 11.2. The molecule has 1 N–H and O–H groups in total. The van der Waals surface area contributed by atoms with Crippen LogP contribution in [0.1, 0.15) is 57.0 Å². The van der Waals surface area contributed by atoms with Gasteiger partial charge < -0.3 is 9.72 Å². The van der Waals surface area contributed by atoms with Crippen LogP contribution in [0, 0.1) is 0 Å². The van der Waals surface area contributed by atoms with Crippen LogP contribution in [0.2, 0.25) is 0 Å². The topological polar surface area (TPSA) is 37.9 Å². The van der Waals surface area contributed by atoms with Crippen LogP contribution in [0.3, 0.4) is 0 Å². The number of hydrogen-bond donors (Lipinski definition) is 1. The highest BCUT2D eigenvalue weighted by molar-refractivity contribution is 6.16. The van der Waals surface area contributed by atoms with Crippen LogP contribution in [-0.2, 0) is 16.2 Å². The molecule has 1 aliphatic carbocycles. The van der Waals surface area contributed by atoms with E-state index in [9.17, 15) is 0 Å². The Kier molecular flexibility index (Phi) is 4.46. The molecule has 1 saturated carbocycles. The van der Waals surface area contributed by atoms with Gasteiger partial charge in [-0.05, 0) is 19.8 Å². The first-order valence-corrected chi connectivity index (χ1v) is 7.08. The van der Waals surface area contributed by atoms with Gasteiger partial charge in [-0.3, -0.25) is 0 Å². The first-order chi connectivity index (χ1) is 8.30. The second-order valence-corrected chi connectivity index (χ2v) is 5.00. The van der Waals surface area contributed by atoms with E-state index in [4.69, 9.17) is 16.3 Å². The van der Waals surface area contributed by atoms with Crippen LogP contribution in [0.5, 0.6) is 0 Å². The third-order valence-electron chi connectivity index (χ3n) is 3.54. The van der Waals surface area contributed by atoms with Gasteiger partial charge in [0.2, 0.25) is 0 Å². The Bertz CT molecular complexity index is 343. The highest BCUT2D eigenvalue weighted by Crippen LogP contribution is 2.38. The van der Waals surface area contributed by atoms with Crippen molar-refractivity contribution in [1.82, 2.24) is 9.97 Å². The Balaban J connectivity index is 2.24. The summed E-state index contributed by atoms with van der Waals surface area (Å²) < 4.78 is 6.06. The molecule has 4 heteroatoms. The molecule has 0 atom stereocenters. The highest BCUT2D eigenvalue weighted by Gasteiger charge is 2.36. The minimum atomic E-state index is -0.199. The number of halogens is 1. The quantitative estimate of drug-likeness (QED) is 0.658. The summed E-state index contributed by atoms with van der Waals surface area (Å²) in [6.07, 6.45) is 9.00. The molecule has 3 nitrogen and oxygen atoms in total. The second kappa shape index (κ2) is 5.87. The molecule has 2 rings (SSSR count). The molecule has 1 aromatic heterocycles. The number of nitrogens with zero attached hydrogens (tertiary/aromatic N) is 1. The molecule has 0 amide bonds. The molecule has 0 unspecified atom stereocenters. The van der Waals surface area contributed by atoms with E-state index < -0.39 is 0 Å². The number of ether oxygens (including phenoxy) is 1. The van der Waals surface area contributed by atoms with Gasteiger partial charge in [0.15, 0.2) is 0 Å². The lowest BCUT2D eigenvalue weighted by Crippen LogP contribution is -2.30. The molecule has 0 radical (unpaired) electrons. The standard InChI is InChI=1S/C13H21ClN2O/c1-2-17-13(7-5-3-4-6-8-13)12-15-10-11(9-14)16-12/h10H,2-9H2,1H3,(H,15,16). The van der Waals surface area contributed by atoms with Crippen molar-refractivity contribution in [3.05, 3.63) is 17.7 Å². The summed E-state index contributed by atoms with van der Waals surface area (Å²) >= 11 is 5.82. The van der Waals surface area contributed by atoms with Crippen molar-refractivity contribution >= 4 is 11.6 Å². The average Bonchev–Trinajstić information content (AvgIpc) is 2.71. The van der Waals surface area contributed by atoms with Crippen molar-refractivity contribution in [3.63, 3.8) is 0 Å². The van der Waals surface area contributed by atoms with Gasteiger partial charge in [0.1, 0.15) is 11.4 Å². The van der Waals surface area contributed by atoms with Gasteiger partial charge in [0.25, 0.3) is 0 Å².